The van der Waals surface area contributed by atoms with Gasteiger partial charge in [-0.05, 0) is 76.0 Å². The molecule has 1 aliphatic heterocycles. The number of benzene rings is 1. The molecule has 1 saturated heterocycles. The molecule has 0 spiro atoms. The van der Waals surface area contributed by atoms with E-state index in [1.54, 1.807) is 12.1 Å². The van der Waals surface area contributed by atoms with Gasteiger partial charge in [0.25, 0.3) is 5.91 Å². The van der Waals surface area contributed by atoms with Crippen LogP contribution < -0.4 is 10.1 Å². The maximum Gasteiger partial charge on any atom is 0.286 e. The van der Waals surface area contributed by atoms with E-state index in [0.717, 1.165) is 29.6 Å². The molecule has 2 aromatic rings. The third-order valence-corrected chi connectivity index (χ3v) is 5.65. The second kappa shape index (κ2) is 10.7. The Morgan fingerprint density at radius 3 is 3.00 bits per heavy atom. The van der Waals surface area contributed by atoms with Crippen molar-refractivity contribution in [3.63, 3.8) is 0 Å². The van der Waals surface area contributed by atoms with Crippen LogP contribution in [0.25, 0.3) is 0 Å². The number of likely N-dealkylation sites (tertiary alicyclic amines) is 1. The van der Waals surface area contributed by atoms with Crippen LogP contribution in [-0.4, -0.2) is 36.5 Å². The Hall–Kier alpha value is -1.79. The highest BCUT2D eigenvalue weighted by Gasteiger charge is 2.17. The van der Waals surface area contributed by atoms with E-state index in [0.29, 0.717) is 24.1 Å². The van der Waals surface area contributed by atoms with E-state index in [4.69, 9.17) is 9.15 Å². The summed E-state index contributed by atoms with van der Waals surface area (Å²) >= 11 is 3.41. The molecule has 6 heteroatoms. The van der Waals surface area contributed by atoms with Crippen LogP contribution in [0.2, 0.25) is 0 Å². The van der Waals surface area contributed by atoms with Crippen molar-refractivity contribution in [1.82, 2.24) is 10.2 Å². The lowest BCUT2D eigenvalue weighted by Gasteiger charge is -2.33. The standard InChI is InChI=1S/C22H29BrN2O3/c1-17-7-2-4-13-25(17)14-5-3-12-24-22(26)21-11-10-20(28-21)16-27-19-9-6-8-18(23)15-19/h6,8-11,15,17H,2-5,7,12-14,16H2,1H3,(H,24,26). The second-order valence-electron chi connectivity index (χ2n) is 7.36. The molecule has 0 radical (unpaired) electrons. The first kappa shape index (κ1) is 20.9. The number of nitrogens with zero attached hydrogens (tertiary/aromatic N) is 1. The normalized spacial score (nSPS) is 17.4. The lowest BCUT2D eigenvalue weighted by Crippen LogP contribution is -2.38. The average molecular weight is 449 g/mol. The molecular formula is C22H29BrN2O3. The molecule has 0 bridgehead atoms. The monoisotopic (exact) mass is 448 g/mol. The van der Waals surface area contributed by atoms with Gasteiger partial charge < -0.3 is 19.4 Å². The van der Waals surface area contributed by atoms with Crippen molar-refractivity contribution in [3.05, 3.63) is 52.4 Å². The van der Waals surface area contributed by atoms with Crippen molar-refractivity contribution in [2.75, 3.05) is 19.6 Å². The van der Waals surface area contributed by atoms with Gasteiger partial charge in [-0.15, -0.1) is 0 Å². The molecule has 1 amide bonds. The van der Waals surface area contributed by atoms with E-state index in [-0.39, 0.29) is 12.5 Å². The summed E-state index contributed by atoms with van der Waals surface area (Å²) < 4.78 is 12.2. The largest absolute Gasteiger partial charge is 0.486 e. The molecule has 2 heterocycles. The third-order valence-electron chi connectivity index (χ3n) is 5.16. The fourth-order valence-corrected chi connectivity index (χ4v) is 3.89. The molecule has 1 aromatic carbocycles. The number of hydrogen-bond donors (Lipinski definition) is 1. The number of amides is 1. The Morgan fingerprint density at radius 1 is 1.29 bits per heavy atom. The SMILES string of the molecule is CC1CCCCN1CCCCNC(=O)c1ccc(COc2cccc(Br)c2)o1. The van der Waals surface area contributed by atoms with Crippen LogP contribution in [0.3, 0.4) is 0 Å². The van der Waals surface area contributed by atoms with Crippen LogP contribution in [0, 0.1) is 0 Å². The van der Waals surface area contributed by atoms with Crippen LogP contribution in [0.15, 0.2) is 45.3 Å². The van der Waals surface area contributed by atoms with E-state index >= 15 is 0 Å². The zero-order valence-electron chi connectivity index (χ0n) is 16.5. The summed E-state index contributed by atoms with van der Waals surface area (Å²) in [6.07, 6.45) is 6.06. The zero-order chi connectivity index (χ0) is 19.8. The molecule has 1 unspecified atom stereocenters. The summed E-state index contributed by atoms with van der Waals surface area (Å²) in [4.78, 5) is 14.8. The van der Waals surface area contributed by atoms with Gasteiger partial charge in [0.15, 0.2) is 5.76 Å². The van der Waals surface area contributed by atoms with Crippen molar-refractivity contribution in [1.29, 1.82) is 0 Å². The van der Waals surface area contributed by atoms with Crippen LogP contribution in [0.4, 0.5) is 0 Å². The van der Waals surface area contributed by atoms with E-state index < -0.39 is 0 Å². The van der Waals surface area contributed by atoms with Gasteiger partial charge in [0.05, 0.1) is 0 Å². The first-order valence-electron chi connectivity index (χ1n) is 10.1. The molecule has 0 saturated carbocycles. The highest BCUT2D eigenvalue weighted by Crippen LogP contribution is 2.20. The summed E-state index contributed by atoms with van der Waals surface area (Å²) in [5, 5.41) is 2.94. The number of nitrogens with one attached hydrogen (secondary N) is 1. The molecule has 1 N–H and O–H groups in total. The van der Waals surface area contributed by atoms with Crippen LogP contribution in [0.5, 0.6) is 5.75 Å². The summed E-state index contributed by atoms with van der Waals surface area (Å²) in [5.41, 5.74) is 0. The molecule has 0 aliphatic carbocycles. The van der Waals surface area contributed by atoms with Crippen LogP contribution in [-0.2, 0) is 6.61 Å². The van der Waals surface area contributed by atoms with Crippen molar-refractivity contribution < 1.29 is 13.9 Å². The Bertz CT molecular complexity index is 762. The Morgan fingerprint density at radius 2 is 2.18 bits per heavy atom. The lowest BCUT2D eigenvalue weighted by atomic mass is 10.0. The average Bonchev–Trinajstić information content (AvgIpc) is 3.17. The maximum absolute atomic E-state index is 12.2. The predicted octanol–water partition coefficient (Wildman–Crippen LogP) is 5.01. The number of carbonyl (C=O) groups excluding carboxylic acids is 1. The predicted molar refractivity (Wildman–Crippen MR) is 114 cm³/mol. The first-order valence-corrected chi connectivity index (χ1v) is 10.9. The minimum absolute atomic E-state index is 0.167. The van der Waals surface area contributed by atoms with Gasteiger partial charge in [0.1, 0.15) is 18.1 Å². The molecular weight excluding hydrogens is 420 g/mol. The summed E-state index contributed by atoms with van der Waals surface area (Å²) in [5.74, 6) is 1.54. The topological polar surface area (TPSA) is 54.7 Å². The van der Waals surface area contributed by atoms with Crippen LogP contribution in [0.1, 0.15) is 55.3 Å². The molecule has 5 nitrogen and oxygen atoms in total. The maximum atomic E-state index is 12.2. The number of halogens is 1. The highest BCUT2D eigenvalue weighted by molar-refractivity contribution is 9.10. The number of hydrogen-bond acceptors (Lipinski definition) is 4. The smallest absolute Gasteiger partial charge is 0.286 e. The lowest BCUT2D eigenvalue weighted by molar-refractivity contribution is 0.0920. The van der Waals surface area contributed by atoms with Crippen LogP contribution >= 0.6 is 15.9 Å². The summed E-state index contributed by atoms with van der Waals surface area (Å²) in [6, 6.07) is 11.8. The van der Waals surface area contributed by atoms with Gasteiger partial charge in [0, 0.05) is 17.1 Å². The van der Waals surface area contributed by atoms with Gasteiger partial charge >= 0.3 is 0 Å². The molecule has 1 atom stereocenters. The molecule has 1 aromatic heterocycles. The Labute approximate surface area is 175 Å². The van der Waals surface area contributed by atoms with E-state index in [1.165, 1.54) is 25.8 Å². The number of furan rings is 1. The quantitative estimate of drug-likeness (QED) is 0.547. The third kappa shape index (κ3) is 6.38. The van der Waals surface area contributed by atoms with E-state index in [9.17, 15) is 4.79 Å². The van der Waals surface area contributed by atoms with E-state index in [1.807, 2.05) is 24.3 Å². The summed E-state index contributed by atoms with van der Waals surface area (Å²) in [6.45, 7) is 5.61. The van der Waals surface area contributed by atoms with Gasteiger partial charge in [-0.2, -0.15) is 0 Å². The number of piperidine rings is 1. The van der Waals surface area contributed by atoms with E-state index in [2.05, 4.69) is 33.1 Å². The Balaban J connectivity index is 1.34. The van der Waals surface area contributed by atoms with Crippen molar-refractivity contribution >= 4 is 21.8 Å². The van der Waals surface area contributed by atoms with Crippen molar-refractivity contribution in [3.8, 4) is 5.75 Å². The fourth-order valence-electron chi connectivity index (χ4n) is 3.51. The van der Waals surface area contributed by atoms with Crippen molar-refractivity contribution in [2.45, 2.75) is 51.7 Å². The minimum atomic E-state index is -0.167. The molecule has 3 rings (SSSR count). The molecule has 28 heavy (non-hydrogen) atoms. The number of unbranched alkanes of at least 4 members (excludes halogenated alkanes) is 1. The highest BCUT2D eigenvalue weighted by atomic mass is 79.9. The van der Waals surface area contributed by atoms with Gasteiger partial charge in [-0.25, -0.2) is 0 Å². The Kier molecular flexibility index (Phi) is 7.98. The minimum Gasteiger partial charge on any atom is -0.486 e. The number of carbonyl (C=O) groups is 1. The molecule has 1 aliphatic rings. The first-order chi connectivity index (χ1) is 13.6. The van der Waals surface area contributed by atoms with Gasteiger partial charge in [-0.3, -0.25) is 4.79 Å². The molecule has 152 valence electrons. The van der Waals surface area contributed by atoms with Gasteiger partial charge in [0.2, 0.25) is 0 Å². The number of rotatable bonds is 9. The fraction of sp³-hybridized carbons (Fsp3) is 0.500. The zero-order valence-corrected chi connectivity index (χ0v) is 18.0. The second-order valence-corrected chi connectivity index (χ2v) is 8.27. The molecule has 1 fully saturated rings. The van der Waals surface area contributed by atoms with Crippen molar-refractivity contribution in [2.24, 2.45) is 0 Å². The summed E-state index contributed by atoms with van der Waals surface area (Å²) in [7, 11) is 0. The van der Waals surface area contributed by atoms with Gasteiger partial charge in [-0.1, -0.05) is 28.4 Å². The number of ether oxygens (including phenoxy) is 1.